The van der Waals surface area contributed by atoms with E-state index >= 15 is 0 Å². The van der Waals surface area contributed by atoms with Crippen molar-refractivity contribution >= 4 is 5.91 Å². The van der Waals surface area contributed by atoms with Crippen LogP contribution in [-0.4, -0.2) is 32.3 Å². The third kappa shape index (κ3) is 5.41. The molecule has 140 valence electrons. The predicted molar refractivity (Wildman–Crippen MR) is 102 cm³/mol. The smallest absolute Gasteiger partial charge is 0.260 e. The highest BCUT2D eigenvalue weighted by Gasteiger charge is 2.16. The fourth-order valence-corrected chi connectivity index (χ4v) is 2.53. The van der Waals surface area contributed by atoms with Crippen LogP contribution >= 0.6 is 0 Å². The minimum atomic E-state index is -0.573. The van der Waals surface area contributed by atoms with Gasteiger partial charge in [0, 0.05) is 0 Å². The molecular weight excluding hydrogens is 330 g/mol. The Labute approximate surface area is 155 Å². The van der Waals surface area contributed by atoms with Crippen LogP contribution in [0, 0.1) is 20.8 Å². The van der Waals surface area contributed by atoms with Crippen LogP contribution in [0.1, 0.15) is 23.6 Å². The molecule has 2 aromatic carbocycles. The summed E-state index contributed by atoms with van der Waals surface area (Å²) in [6, 6.07) is 11.4. The summed E-state index contributed by atoms with van der Waals surface area (Å²) in [6.45, 7) is 8.59. The molecule has 0 aliphatic carbocycles. The second kappa shape index (κ2) is 9.13. The lowest BCUT2D eigenvalue weighted by Crippen LogP contribution is -2.38. The molecule has 0 spiro atoms. The van der Waals surface area contributed by atoms with Crippen LogP contribution in [-0.2, 0) is 4.79 Å². The SMILES string of the molecule is COc1ccc(OCCNC(=O)[C@H](C)Oc2cc(C)cc(C)c2C)cc1. The molecule has 0 heterocycles. The summed E-state index contributed by atoms with van der Waals surface area (Å²) in [4.78, 5) is 12.2. The summed E-state index contributed by atoms with van der Waals surface area (Å²) in [7, 11) is 1.62. The zero-order valence-corrected chi connectivity index (χ0v) is 16.1. The molecule has 0 aromatic heterocycles. The topological polar surface area (TPSA) is 56.8 Å². The summed E-state index contributed by atoms with van der Waals surface area (Å²) >= 11 is 0. The maximum absolute atomic E-state index is 12.2. The van der Waals surface area contributed by atoms with Gasteiger partial charge in [0.25, 0.3) is 5.91 Å². The Bertz CT molecular complexity index is 740. The van der Waals surface area contributed by atoms with Crippen LogP contribution in [0.5, 0.6) is 17.2 Å². The van der Waals surface area contributed by atoms with Gasteiger partial charge in [-0.25, -0.2) is 0 Å². The second-order valence-electron chi connectivity index (χ2n) is 6.28. The fourth-order valence-electron chi connectivity index (χ4n) is 2.53. The Balaban J connectivity index is 1.78. The highest BCUT2D eigenvalue weighted by molar-refractivity contribution is 5.80. The summed E-state index contributed by atoms with van der Waals surface area (Å²) in [5, 5.41) is 2.83. The minimum absolute atomic E-state index is 0.165. The number of carbonyl (C=O) groups is 1. The monoisotopic (exact) mass is 357 g/mol. The molecule has 0 aliphatic rings. The number of amides is 1. The molecule has 1 N–H and O–H groups in total. The van der Waals surface area contributed by atoms with Crippen molar-refractivity contribution in [1.82, 2.24) is 5.32 Å². The predicted octanol–water partition coefficient (Wildman–Crippen LogP) is 3.58. The van der Waals surface area contributed by atoms with Crippen molar-refractivity contribution in [3.8, 4) is 17.2 Å². The molecule has 0 fully saturated rings. The Morgan fingerprint density at radius 3 is 2.38 bits per heavy atom. The minimum Gasteiger partial charge on any atom is -0.497 e. The van der Waals surface area contributed by atoms with Gasteiger partial charge in [0.1, 0.15) is 23.9 Å². The van der Waals surface area contributed by atoms with E-state index in [-0.39, 0.29) is 5.91 Å². The molecule has 2 rings (SSSR count). The Morgan fingerprint density at radius 2 is 1.73 bits per heavy atom. The third-order valence-corrected chi connectivity index (χ3v) is 4.17. The number of hydrogen-bond donors (Lipinski definition) is 1. The highest BCUT2D eigenvalue weighted by atomic mass is 16.5. The van der Waals surface area contributed by atoms with Crippen LogP contribution in [0.3, 0.4) is 0 Å². The van der Waals surface area contributed by atoms with Gasteiger partial charge in [0.15, 0.2) is 6.10 Å². The van der Waals surface area contributed by atoms with E-state index in [0.29, 0.717) is 13.2 Å². The van der Waals surface area contributed by atoms with Crippen LogP contribution < -0.4 is 19.5 Å². The van der Waals surface area contributed by atoms with Crippen molar-refractivity contribution in [3.63, 3.8) is 0 Å². The average Bonchev–Trinajstić information content (AvgIpc) is 2.63. The largest absolute Gasteiger partial charge is 0.497 e. The first kappa shape index (κ1) is 19.6. The van der Waals surface area contributed by atoms with Gasteiger partial charge in [0.2, 0.25) is 0 Å². The van der Waals surface area contributed by atoms with Crippen molar-refractivity contribution in [2.24, 2.45) is 0 Å². The van der Waals surface area contributed by atoms with E-state index in [0.717, 1.165) is 33.9 Å². The zero-order chi connectivity index (χ0) is 19.1. The molecule has 5 nitrogen and oxygen atoms in total. The van der Waals surface area contributed by atoms with Crippen molar-refractivity contribution in [2.75, 3.05) is 20.3 Å². The number of aryl methyl sites for hydroxylation is 2. The number of hydrogen-bond acceptors (Lipinski definition) is 4. The second-order valence-corrected chi connectivity index (χ2v) is 6.28. The molecule has 2 aromatic rings. The standard InChI is InChI=1S/C21H27NO4/c1-14-12-15(2)16(3)20(13-14)26-17(4)21(23)22-10-11-25-19-8-6-18(24-5)7-9-19/h6-9,12-13,17H,10-11H2,1-5H3,(H,22,23)/t17-/m0/s1. The number of carbonyl (C=O) groups excluding carboxylic acids is 1. The van der Waals surface area contributed by atoms with Crippen molar-refractivity contribution in [2.45, 2.75) is 33.8 Å². The third-order valence-electron chi connectivity index (χ3n) is 4.17. The first-order valence-corrected chi connectivity index (χ1v) is 8.69. The van der Waals surface area contributed by atoms with Crippen molar-refractivity contribution in [3.05, 3.63) is 53.1 Å². The summed E-state index contributed by atoms with van der Waals surface area (Å²) < 4.78 is 16.5. The van der Waals surface area contributed by atoms with Gasteiger partial charge in [-0.15, -0.1) is 0 Å². The van der Waals surface area contributed by atoms with Gasteiger partial charge >= 0.3 is 0 Å². The van der Waals surface area contributed by atoms with Gasteiger partial charge in [0.05, 0.1) is 13.7 Å². The first-order valence-electron chi connectivity index (χ1n) is 8.69. The van der Waals surface area contributed by atoms with E-state index in [9.17, 15) is 4.79 Å². The van der Waals surface area contributed by atoms with Crippen LogP contribution in [0.2, 0.25) is 0 Å². The fraction of sp³-hybridized carbons (Fsp3) is 0.381. The van der Waals surface area contributed by atoms with Crippen LogP contribution in [0.15, 0.2) is 36.4 Å². The Kier molecular flexibility index (Phi) is 6.89. The maximum atomic E-state index is 12.2. The number of rotatable bonds is 8. The lowest BCUT2D eigenvalue weighted by Gasteiger charge is -2.18. The molecule has 0 bridgehead atoms. The maximum Gasteiger partial charge on any atom is 0.260 e. The summed E-state index contributed by atoms with van der Waals surface area (Å²) in [6.07, 6.45) is -0.573. The molecule has 5 heteroatoms. The average molecular weight is 357 g/mol. The molecule has 0 radical (unpaired) electrons. The Morgan fingerprint density at radius 1 is 1.08 bits per heavy atom. The molecule has 0 aliphatic heterocycles. The van der Waals surface area contributed by atoms with Crippen LogP contribution in [0.4, 0.5) is 0 Å². The lowest BCUT2D eigenvalue weighted by molar-refractivity contribution is -0.127. The first-order chi connectivity index (χ1) is 12.4. The molecule has 0 saturated carbocycles. The van der Waals surface area contributed by atoms with E-state index in [4.69, 9.17) is 14.2 Å². The van der Waals surface area contributed by atoms with Gasteiger partial charge in [-0.05, 0) is 74.7 Å². The van der Waals surface area contributed by atoms with Gasteiger partial charge in [-0.1, -0.05) is 6.07 Å². The van der Waals surface area contributed by atoms with E-state index < -0.39 is 6.10 Å². The summed E-state index contributed by atoms with van der Waals surface area (Å²) in [5.41, 5.74) is 3.32. The Hall–Kier alpha value is -2.69. The van der Waals surface area contributed by atoms with E-state index in [2.05, 4.69) is 11.4 Å². The quantitative estimate of drug-likeness (QED) is 0.734. The highest BCUT2D eigenvalue weighted by Crippen LogP contribution is 2.24. The number of nitrogens with one attached hydrogen (secondary N) is 1. The molecular formula is C21H27NO4. The molecule has 1 atom stereocenters. The lowest BCUT2D eigenvalue weighted by atomic mass is 10.1. The molecule has 26 heavy (non-hydrogen) atoms. The van der Waals surface area contributed by atoms with Gasteiger partial charge in [-0.3, -0.25) is 4.79 Å². The number of ether oxygens (including phenoxy) is 3. The summed E-state index contributed by atoms with van der Waals surface area (Å²) in [5.74, 6) is 2.09. The van der Waals surface area contributed by atoms with E-state index in [1.54, 1.807) is 14.0 Å². The van der Waals surface area contributed by atoms with Crippen molar-refractivity contribution < 1.29 is 19.0 Å². The molecule has 0 saturated heterocycles. The number of benzene rings is 2. The normalized spacial score (nSPS) is 11.6. The van der Waals surface area contributed by atoms with Crippen LogP contribution in [0.25, 0.3) is 0 Å². The zero-order valence-electron chi connectivity index (χ0n) is 16.1. The number of methoxy groups -OCH3 is 1. The van der Waals surface area contributed by atoms with E-state index in [1.807, 2.05) is 51.1 Å². The van der Waals surface area contributed by atoms with E-state index in [1.165, 1.54) is 0 Å². The van der Waals surface area contributed by atoms with Crippen molar-refractivity contribution in [1.29, 1.82) is 0 Å². The van der Waals surface area contributed by atoms with Gasteiger partial charge < -0.3 is 19.5 Å². The van der Waals surface area contributed by atoms with Gasteiger partial charge in [-0.2, -0.15) is 0 Å². The molecule has 1 amide bonds. The molecule has 0 unspecified atom stereocenters.